The summed E-state index contributed by atoms with van der Waals surface area (Å²) < 4.78 is 1.94. The van der Waals surface area contributed by atoms with Gasteiger partial charge in [0.05, 0.1) is 5.56 Å². The van der Waals surface area contributed by atoms with E-state index in [9.17, 15) is 19.6 Å². The Hall–Kier alpha value is -3.17. The monoisotopic (exact) mass is 369 g/mol. The first kappa shape index (κ1) is 17.6. The lowest BCUT2D eigenvalue weighted by Gasteiger charge is -2.09. The van der Waals surface area contributed by atoms with Crippen molar-refractivity contribution in [1.82, 2.24) is 9.13 Å². The molecule has 0 saturated carbocycles. The Morgan fingerprint density at radius 2 is 2.08 bits per heavy atom. The number of aromatic nitrogens is 2. The summed E-state index contributed by atoms with van der Waals surface area (Å²) in [6.45, 7) is 1.45. The number of hydrogen-bond acceptors (Lipinski definition) is 6. The van der Waals surface area contributed by atoms with Crippen LogP contribution >= 0.6 is 11.3 Å². The SMILES string of the molecule is CCn1cc(C#N)c(=O)n(CC(=O)Nc2sc3c(c2C#N)CCC3)c1=O. The molecule has 0 aromatic carbocycles. The molecule has 1 aliphatic carbocycles. The van der Waals surface area contributed by atoms with Gasteiger partial charge < -0.3 is 5.32 Å². The number of amides is 1. The second-order valence-corrected chi connectivity index (χ2v) is 6.94. The molecule has 0 atom stereocenters. The summed E-state index contributed by atoms with van der Waals surface area (Å²) in [5.41, 5.74) is -0.218. The normalized spacial score (nSPS) is 12.3. The summed E-state index contributed by atoms with van der Waals surface area (Å²) in [5, 5.41) is 21.5. The van der Waals surface area contributed by atoms with Crippen molar-refractivity contribution in [1.29, 1.82) is 10.5 Å². The first-order chi connectivity index (χ1) is 12.5. The summed E-state index contributed by atoms with van der Waals surface area (Å²) >= 11 is 1.36. The number of nitrogens with zero attached hydrogens (tertiary/aromatic N) is 4. The van der Waals surface area contributed by atoms with E-state index in [0.717, 1.165) is 34.3 Å². The molecule has 2 aromatic rings. The van der Waals surface area contributed by atoms with E-state index in [4.69, 9.17) is 5.26 Å². The van der Waals surface area contributed by atoms with Crippen LogP contribution in [-0.2, 0) is 30.7 Å². The molecule has 0 bridgehead atoms. The van der Waals surface area contributed by atoms with Crippen LogP contribution in [0.3, 0.4) is 0 Å². The molecule has 1 amide bonds. The van der Waals surface area contributed by atoms with Crippen LogP contribution in [0.4, 0.5) is 5.00 Å². The summed E-state index contributed by atoms with van der Waals surface area (Å²) in [4.78, 5) is 38.0. The van der Waals surface area contributed by atoms with Gasteiger partial charge in [-0.2, -0.15) is 10.5 Å². The minimum Gasteiger partial charge on any atom is -0.315 e. The maximum Gasteiger partial charge on any atom is 0.331 e. The molecule has 0 saturated heterocycles. The fourth-order valence-electron chi connectivity index (χ4n) is 3.02. The standard InChI is InChI=1S/C17H15N5O3S/c1-2-21-8-10(6-18)16(24)22(17(21)25)9-14(23)20-15-12(7-19)11-4-3-5-13(11)26-15/h8H,2-5,9H2,1H3,(H,20,23). The van der Waals surface area contributed by atoms with Crippen molar-refractivity contribution in [3.05, 3.63) is 48.6 Å². The van der Waals surface area contributed by atoms with Crippen LogP contribution < -0.4 is 16.6 Å². The predicted octanol–water partition coefficient (Wildman–Crippen LogP) is 0.962. The van der Waals surface area contributed by atoms with Crippen molar-refractivity contribution in [2.75, 3.05) is 5.32 Å². The van der Waals surface area contributed by atoms with Gasteiger partial charge in [-0.1, -0.05) is 0 Å². The second-order valence-electron chi connectivity index (χ2n) is 5.84. The van der Waals surface area contributed by atoms with Gasteiger partial charge in [0, 0.05) is 17.6 Å². The van der Waals surface area contributed by atoms with Gasteiger partial charge in [0.15, 0.2) is 0 Å². The topological polar surface area (TPSA) is 121 Å². The minimum atomic E-state index is -0.800. The maximum atomic E-state index is 12.4. The number of rotatable bonds is 4. The number of aryl methyl sites for hydroxylation is 2. The number of nitriles is 2. The summed E-state index contributed by atoms with van der Waals surface area (Å²) in [6, 6.07) is 3.86. The predicted molar refractivity (Wildman–Crippen MR) is 95.0 cm³/mol. The van der Waals surface area contributed by atoms with Gasteiger partial charge in [0.2, 0.25) is 5.91 Å². The number of hydrogen-bond donors (Lipinski definition) is 1. The third-order valence-corrected chi connectivity index (χ3v) is 5.49. The van der Waals surface area contributed by atoms with Crippen molar-refractivity contribution in [2.45, 2.75) is 39.3 Å². The number of anilines is 1. The molecule has 132 valence electrons. The third-order valence-electron chi connectivity index (χ3n) is 4.29. The van der Waals surface area contributed by atoms with E-state index in [1.54, 1.807) is 13.0 Å². The van der Waals surface area contributed by atoms with E-state index < -0.39 is 23.7 Å². The lowest BCUT2D eigenvalue weighted by atomic mass is 10.1. The van der Waals surface area contributed by atoms with Crippen LogP contribution in [0, 0.1) is 22.7 Å². The zero-order valence-electron chi connectivity index (χ0n) is 14.0. The van der Waals surface area contributed by atoms with Crippen molar-refractivity contribution in [3.63, 3.8) is 0 Å². The molecule has 1 aliphatic rings. The molecular formula is C17H15N5O3S. The number of thiophene rings is 1. The molecule has 2 heterocycles. The van der Waals surface area contributed by atoms with Crippen LogP contribution in [0.1, 0.15) is 34.9 Å². The first-order valence-electron chi connectivity index (χ1n) is 8.09. The van der Waals surface area contributed by atoms with Gasteiger partial charge >= 0.3 is 5.69 Å². The second kappa shape index (κ2) is 6.98. The Morgan fingerprint density at radius 3 is 2.73 bits per heavy atom. The van der Waals surface area contributed by atoms with Crippen molar-refractivity contribution >= 4 is 22.2 Å². The summed E-state index contributed by atoms with van der Waals surface area (Å²) in [6.07, 6.45) is 3.89. The van der Waals surface area contributed by atoms with E-state index >= 15 is 0 Å². The van der Waals surface area contributed by atoms with Crippen molar-refractivity contribution in [2.24, 2.45) is 0 Å². The summed E-state index contributed by atoms with van der Waals surface area (Å²) in [7, 11) is 0. The lowest BCUT2D eigenvalue weighted by molar-refractivity contribution is -0.116. The number of fused-ring (bicyclic) bond motifs is 1. The molecule has 0 spiro atoms. The van der Waals surface area contributed by atoms with Crippen molar-refractivity contribution < 1.29 is 4.79 Å². The molecule has 0 aliphatic heterocycles. The molecule has 9 heteroatoms. The Balaban J connectivity index is 1.91. The third kappa shape index (κ3) is 2.93. The highest BCUT2D eigenvalue weighted by atomic mass is 32.1. The average molecular weight is 369 g/mol. The smallest absolute Gasteiger partial charge is 0.315 e. The van der Waals surface area contributed by atoms with E-state index in [-0.39, 0.29) is 12.1 Å². The molecule has 3 rings (SSSR count). The fraction of sp³-hybridized carbons (Fsp3) is 0.353. The molecule has 0 unspecified atom stereocenters. The quantitative estimate of drug-likeness (QED) is 0.860. The molecule has 2 aromatic heterocycles. The largest absolute Gasteiger partial charge is 0.331 e. The first-order valence-corrected chi connectivity index (χ1v) is 8.90. The van der Waals surface area contributed by atoms with Gasteiger partial charge in [0.1, 0.15) is 29.2 Å². The van der Waals surface area contributed by atoms with E-state index in [2.05, 4.69) is 11.4 Å². The van der Waals surface area contributed by atoms with Crippen molar-refractivity contribution in [3.8, 4) is 12.1 Å². The fourth-order valence-corrected chi connectivity index (χ4v) is 4.27. The van der Waals surface area contributed by atoms with Gasteiger partial charge in [-0.3, -0.25) is 14.2 Å². The molecule has 1 N–H and O–H groups in total. The van der Waals surface area contributed by atoms with E-state index in [0.29, 0.717) is 10.6 Å². The lowest BCUT2D eigenvalue weighted by Crippen LogP contribution is -2.43. The van der Waals surface area contributed by atoms with Crippen LogP contribution in [0.25, 0.3) is 0 Å². The Labute approximate surface area is 152 Å². The zero-order valence-corrected chi connectivity index (χ0v) is 14.9. The molecule has 8 nitrogen and oxygen atoms in total. The molecule has 0 fully saturated rings. The number of nitrogens with one attached hydrogen (secondary N) is 1. The van der Waals surface area contributed by atoms with Gasteiger partial charge in [-0.25, -0.2) is 9.36 Å². The highest BCUT2D eigenvalue weighted by Crippen LogP contribution is 2.38. The maximum absolute atomic E-state index is 12.4. The van der Waals surface area contributed by atoms with E-state index in [1.165, 1.54) is 22.1 Å². The summed E-state index contributed by atoms with van der Waals surface area (Å²) in [5.74, 6) is -0.585. The van der Waals surface area contributed by atoms with E-state index in [1.807, 2.05) is 0 Å². The molecule has 0 radical (unpaired) electrons. The minimum absolute atomic E-state index is 0.202. The highest BCUT2D eigenvalue weighted by Gasteiger charge is 2.23. The molecular weight excluding hydrogens is 354 g/mol. The average Bonchev–Trinajstić information content (AvgIpc) is 3.19. The van der Waals surface area contributed by atoms with Gasteiger partial charge in [0.25, 0.3) is 5.56 Å². The number of carbonyl (C=O) groups is 1. The Morgan fingerprint density at radius 1 is 1.31 bits per heavy atom. The Kier molecular flexibility index (Phi) is 4.74. The zero-order chi connectivity index (χ0) is 18.8. The van der Waals surface area contributed by atoms with Gasteiger partial charge in [-0.15, -0.1) is 11.3 Å². The molecule has 26 heavy (non-hydrogen) atoms. The van der Waals surface area contributed by atoms with Crippen LogP contribution in [0.5, 0.6) is 0 Å². The van der Waals surface area contributed by atoms with Crippen LogP contribution in [-0.4, -0.2) is 15.0 Å². The number of carbonyl (C=O) groups excluding carboxylic acids is 1. The van der Waals surface area contributed by atoms with Crippen LogP contribution in [0.15, 0.2) is 15.8 Å². The van der Waals surface area contributed by atoms with Gasteiger partial charge in [-0.05, 0) is 31.7 Å². The van der Waals surface area contributed by atoms with Crippen LogP contribution in [0.2, 0.25) is 0 Å². The Bertz CT molecular complexity index is 1090. The highest BCUT2D eigenvalue weighted by molar-refractivity contribution is 7.16.